The van der Waals surface area contributed by atoms with E-state index in [0.29, 0.717) is 6.42 Å². The number of fused-ring (bicyclic) bond motifs is 1. The highest BCUT2D eigenvalue weighted by molar-refractivity contribution is 5.86. The minimum atomic E-state index is -0.462. The number of para-hydroxylation sites is 1. The minimum absolute atomic E-state index is 0.174. The van der Waals surface area contributed by atoms with E-state index in [1.165, 1.54) is 0 Å². The van der Waals surface area contributed by atoms with Gasteiger partial charge in [-0.2, -0.15) is 0 Å². The third-order valence-corrected chi connectivity index (χ3v) is 2.50. The molecule has 0 fully saturated rings. The minimum Gasteiger partial charge on any atom is -0.482 e. The highest BCUT2D eigenvalue weighted by Crippen LogP contribution is 2.27. The van der Waals surface area contributed by atoms with E-state index < -0.39 is 6.10 Å². The summed E-state index contributed by atoms with van der Waals surface area (Å²) in [5.41, 5.74) is 1.13. The maximum absolute atomic E-state index is 11.4. The Morgan fingerprint density at radius 3 is 3.13 bits per heavy atom. The third-order valence-electron chi connectivity index (χ3n) is 2.50. The molecule has 1 aliphatic heterocycles. The number of carbonyl (C=O) groups is 1. The summed E-state index contributed by atoms with van der Waals surface area (Å²) in [7, 11) is 0. The Hall–Kier alpha value is -1.89. The number of ether oxygens (including phenoxy) is 1. The second-order valence-corrected chi connectivity index (χ2v) is 3.52. The lowest BCUT2D eigenvalue weighted by Crippen LogP contribution is -2.32. The molecule has 15 heavy (non-hydrogen) atoms. The molecule has 0 amide bonds. The van der Waals surface area contributed by atoms with Gasteiger partial charge in [-0.25, -0.2) is 0 Å². The molecule has 0 spiro atoms. The van der Waals surface area contributed by atoms with E-state index >= 15 is 0 Å². The number of ketones is 1. The van der Waals surface area contributed by atoms with Gasteiger partial charge < -0.3 is 4.74 Å². The van der Waals surface area contributed by atoms with Crippen LogP contribution in [0.3, 0.4) is 0 Å². The lowest BCUT2D eigenvalue weighted by molar-refractivity contribution is -0.124. The number of Topliss-reactive ketones (excluding diaryl/α,β-unsaturated/α-hetero) is 1. The molecule has 1 aromatic rings. The maximum Gasteiger partial charge on any atom is 0.366 e. The molecule has 0 N–H and O–H groups in total. The third kappa shape index (κ3) is 1.96. The molecule has 1 unspecified atom stereocenters. The van der Waals surface area contributed by atoms with E-state index in [0.717, 1.165) is 17.7 Å². The standard InChI is InChI=1S/C11H11N2O2/c12-13-7-9(14)11-6-5-8-3-1-2-4-10(8)15-11/h1-4,11H,5-7H2/q+1. The largest absolute Gasteiger partial charge is 0.482 e. The lowest BCUT2D eigenvalue weighted by Gasteiger charge is -2.23. The molecule has 1 atom stereocenters. The predicted molar refractivity (Wildman–Crippen MR) is 54.1 cm³/mol. The number of nitrogens with zero attached hydrogens (tertiary/aromatic N) is 2. The first kappa shape index (κ1) is 9.66. The van der Waals surface area contributed by atoms with Crippen LogP contribution in [0.1, 0.15) is 12.0 Å². The number of benzene rings is 1. The topological polar surface area (TPSA) is 54.5 Å². The van der Waals surface area contributed by atoms with E-state index in [-0.39, 0.29) is 12.3 Å². The van der Waals surface area contributed by atoms with Gasteiger partial charge in [-0.3, -0.25) is 4.79 Å². The Bertz CT molecular complexity index is 423. The van der Waals surface area contributed by atoms with Crippen LogP contribution >= 0.6 is 0 Å². The van der Waals surface area contributed by atoms with Gasteiger partial charge in [0.05, 0.1) is 0 Å². The fourth-order valence-corrected chi connectivity index (χ4v) is 1.72. The van der Waals surface area contributed by atoms with Crippen LogP contribution in [0.5, 0.6) is 5.75 Å². The van der Waals surface area contributed by atoms with Crippen molar-refractivity contribution >= 4 is 5.78 Å². The van der Waals surface area contributed by atoms with Gasteiger partial charge in [-0.05, 0) is 24.5 Å². The van der Waals surface area contributed by atoms with Crippen LogP contribution < -0.4 is 4.74 Å². The SMILES string of the molecule is N#[N+]CC(=O)C1CCc2ccccc2O1. The van der Waals surface area contributed by atoms with Gasteiger partial charge in [0, 0.05) is 0 Å². The Morgan fingerprint density at radius 2 is 2.33 bits per heavy atom. The monoisotopic (exact) mass is 203 g/mol. The smallest absolute Gasteiger partial charge is 0.366 e. The van der Waals surface area contributed by atoms with Crippen LogP contribution in [-0.4, -0.2) is 18.4 Å². The molecular formula is C11H11N2O2+. The first-order valence-electron chi connectivity index (χ1n) is 4.89. The first-order chi connectivity index (χ1) is 7.31. The summed E-state index contributed by atoms with van der Waals surface area (Å²) in [6.07, 6.45) is 1.03. The van der Waals surface area contributed by atoms with Gasteiger partial charge in [0.1, 0.15) is 10.7 Å². The van der Waals surface area contributed by atoms with Gasteiger partial charge in [-0.1, -0.05) is 18.2 Å². The van der Waals surface area contributed by atoms with Crippen LogP contribution in [-0.2, 0) is 11.2 Å². The second-order valence-electron chi connectivity index (χ2n) is 3.52. The Balaban J connectivity index is 2.12. The molecule has 0 saturated carbocycles. The number of hydrogen-bond donors (Lipinski definition) is 0. The van der Waals surface area contributed by atoms with Crippen molar-refractivity contribution < 1.29 is 9.53 Å². The molecule has 0 saturated heterocycles. The second kappa shape index (κ2) is 4.09. The fourth-order valence-electron chi connectivity index (χ4n) is 1.72. The van der Waals surface area contributed by atoms with Gasteiger partial charge in [0.15, 0.2) is 6.10 Å². The van der Waals surface area contributed by atoms with Gasteiger partial charge in [0.2, 0.25) is 5.39 Å². The zero-order chi connectivity index (χ0) is 10.7. The van der Waals surface area contributed by atoms with Crippen molar-refractivity contribution in [1.29, 1.82) is 5.39 Å². The zero-order valence-electron chi connectivity index (χ0n) is 8.22. The van der Waals surface area contributed by atoms with E-state index in [1.807, 2.05) is 24.3 Å². The van der Waals surface area contributed by atoms with Gasteiger partial charge in [-0.15, -0.1) is 0 Å². The number of aryl methyl sites for hydroxylation is 1. The summed E-state index contributed by atoms with van der Waals surface area (Å²) in [5, 5.41) is 8.31. The number of diazo groups is 1. The average Bonchev–Trinajstić information content (AvgIpc) is 2.29. The first-order valence-corrected chi connectivity index (χ1v) is 4.89. The van der Waals surface area contributed by atoms with Crippen molar-refractivity contribution in [2.75, 3.05) is 6.54 Å². The summed E-state index contributed by atoms with van der Waals surface area (Å²) in [6.45, 7) is -0.188. The van der Waals surface area contributed by atoms with Crippen molar-refractivity contribution in [1.82, 2.24) is 0 Å². The molecule has 0 aromatic heterocycles. The van der Waals surface area contributed by atoms with E-state index in [4.69, 9.17) is 10.1 Å². The van der Waals surface area contributed by atoms with E-state index in [9.17, 15) is 4.79 Å². The number of carbonyl (C=O) groups excluding carboxylic acids is 1. The van der Waals surface area contributed by atoms with Crippen LogP contribution in [0, 0.1) is 5.39 Å². The van der Waals surface area contributed by atoms with E-state index in [2.05, 4.69) is 4.98 Å². The number of rotatable bonds is 2. The highest BCUT2D eigenvalue weighted by atomic mass is 16.5. The average molecular weight is 203 g/mol. The number of hydrogen-bond acceptors (Lipinski definition) is 3. The van der Waals surface area contributed by atoms with E-state index in [1.54, 1.807) is 0 Å². The van der Waals surface area contributed by atoms with Gasteiger partial charge >= 0.3 is 6.54 Å². The zero-order valence-corrected chi connectivity index (χ0v) is 8.22. The summed E-state index contributed by atoms with van der Waals surface area (Å²) < 4.78 is 5.53. The van der Waals surface area contributed by atoms with Crippen molar-refractivity contribution in [2.24, 2.45) is 0 Å². The van der Waals surface area contributed by atoms with Gasteiger partial charge in [0.25, 0.3) is 5.78 Å². The molecule has 4 nitrogen and oxygen atoms in total. The van der Waals surface area contributed by atoms with Crippen LogP contribution in [0.4, 0.5) is 0 Å². The summed E-state index contributed by atoms with van der Waals surface area (Å²) in [5.74, 6) is 0.590. The molecule has 1 aromatic carbocycles. The molecule has 0 bridgehead atoms. The highest BCUT2D eigenvalue weighted by Gasteiger charge is 2.28. The summed E-state index contributed by atoms with van der Waals surface area (Å²) in [6, 6.07) is 7.67. The van der Waals surface area contributed by atoms with Crippen LogP contribution in [0.2, 0.25) is 0 Å². The normalized spacial score (nSPS) is 18.5. The van der Waals surface area contributed by atoms with Crippen molar-refractivity contribution in [3.63, 3.8) is 0 Å². The van der Waals surface area contributed by atoms with Crippen molar-refractivity contribution in [2.45, 2.75) is 18.9 Å². The molecule has 0 radical (unpaired) electrons. The molecule has 1 aliphatic rings. The molecule has 1 heterocycles. The Morgan fingerprint density at radius 1 is 1.53 bits per heavy atom. The molecule has 2 rings (SSSR count). The molecule has 4 heteroatoms. The Kier molecular flexibility index (Phi) is 2.64. The van der Waals surface area contributed by atoms with Crippen molar-refractivity contribution in [3.8, 4) is 5.75 Å². The predicted octanol–water partition coefficient (Wildman–Crippen LogP) is 1.80. The fraction of sp³-hybridized carbons (Fsp3) is 0.364. The molecule has 76 valence electrons. The Labute approximate surface area is 87.5 Å². The maximum atomic E-state index is 11.4. The molecule has 0 aliphatic carbocycles. The molecular weight excluding hydrogens is 192 g/mol. The quantitative estimate of drug-likeness (QED) is 0.689. The van der Waals surface area contributed by atoms with Crippen LogP contribution in [0.15, 0.2) is 24.3 Å². The lowest BCUT2D eigenvalue weighted by atomic mass is 10.00. The summed E-state index contributed by atoms with van der Waals surface area (Å²) in [4.78, 5) is 14.3. The van der Waals surface area contributed by atoms with Crippen LogP contribution in [0.25, 0.3) is 4.98 Å². The van der Waals surface area contributed by atoms with Crippen molar-refractivity contribution in [3.05, 3.63) is 34.8 Å². The summed E-state index contributed by atoms with van der Waals surface area (Å²) >= 11 is 0.